The van der Waals surface area contributed by atoms with E-state index in [1.807, 2.05) is 30.3 Å². The smallest absolute Gasteiger partial charge is 0.292 e. The normalized spacial score (nSPS) is 11.0. The van der Waals surface area contributed by atoms with Gasteiger partial charge in [0.1, 0.15) is 0 Å². The zero-order chi connectivity index (χ0) is 18.8. The number of fused-ring (bicyclic) bond motifs is 2. The van der Waals surface area contributed by atoms with Crippen molar-refractivity contribution in [3.8, 4) is 11.5 Å². The first kappa shape index (κ1) is 19.3. The van der Waals surface area contributed by atoms with Gasteiger partial charge in [-0.25, -0.2) is 0 Å². The third-order valence-corrected chi connectivity index (χ3v) is 3.80. The number of ether oxygens (including phenoxy) is 3. The fraction of sp³-hybridized carbons (Fsp3) is 0.250. The number of aryl methyl sites for hydroxylation is 1. The van der Waals surface area contributed by atoms with Crippen LogP contribution in [-0.2, 0) is 16.0 Å². The molecule has 4 rings (SSSR count). The molecule has 26 heavy (non-hydrogen) atoms. The van der Waals surface area contributed by atoms with Crippen molar-refractivity contribution in [3.05, 3.63) is 59.8 Å². The highest BCUT2D eigenvalue weighted by Gasteiger charge is 2.09. The van der Waals surface area contributed by atoms with Gasteiger partial charge < -0.3 is 24.9 Å². The van der Waals surface area contributed by atoms with E-state index >= 15 is 0 Å². The van der Waals surface area contributed by atoms with Crippen molar-refractivity contribution in [1.29, 1.82) is 0 Å². The molecule has 0 aliphatic carbocycles. The molecule has 3 N–H and O–H groups in total. The van der Waals surface area contributed by atoms with Crippen molar-refractivity contribution in [2.75, 3.05) is 20.4 Å². The molecule has 0 saturated carbocycles. The molecule has 0 bridgehead atoms. The summed E-state index contributed by atoms with van der Waals surface area (Å²) < 4.78 is 14.0. The molecule has 0 radical (unpaired) electrons. The van der Waals surface area contributed by atoms with E-state index in [2.05, 4.69) is 34.8 Å². The number of hydrogen-bond donors (Lipinski definition) is 2. The summed E-state index contributed by atoms with van der Waals surface area (Å²) in [6.07, 6.45) is 0.954. The van der Waals surface area contributed by atoms with Gasteiger partial charge in [-0.05, 0) is 43.7 Å². The fourth-order valence-electron chi connectivity index (χ4n) is 2.65. The predicted molar refractivity (Wildman–Crippen MR) is 101 cm³/mol. The molecule has 6 nitrogen and oxygen atoms in total. The highest BCUT2D eigenvalue weighted by atomic mass is 16.7. The molecule has 0 unspecified atom stereocenters. The molecule has 2 aromatic carbocycles. The number of carbonyl (C=O) groups is 1. The molecular weight excluding hydrogens is 332 g/mol. The Bertz CT molecular complexity index is 807. The standard InChI is InChI=1S/C11H14N2.C7H6O2.C2H4O2/c1-8-9(6-7-12)10-4-2-3-5-11(10)13-8;1-2-4-7-6(3-1)8-5-9-7;1-4-2-3/h2-5,13H,6-7,12H2,1H3;1-4H,5H2;2H,1H3. The lowest BCUT2D eigenvalue weighted by Gasteiger charge is -1.96. The molecule has 0 atom stereocenters. The molecule has 1 aliphatic heterocycles. The molecule has 0 amide bonds. The number of methoxy groups -OCH3 is 1. The second kappa shape index (κ2) is 10.1. The number of aromatic nitrogens is 1. The number of benzene rings is 2. The van der Waals surface area contributed by atoms with Crippen LogP contribution in [0.4, 0.5) is 0 Å². The van der Waals surface area contributed by atoms with Gasteiger partial charge in [-0.1, -0.05) is 30.3 Å². The molecule has 3 aromatic rings. The van der Waals surface area contributed by atoms with Crippen LogP contribution in [0.3, 0.4) is 0 Å². The number of aromatic amines is 1. The van der Waals surface area contributed by atoms with Crippen LogP contribution in [0.2, 0.25) is 0 Å². The van der Waals surface area contributed by atoms with E-state index in [0.29, 0.717) is 19.8 Å². The Labute approximate surface area is 152 Å². The highest BCUT2D eigenvalue weighted by molar-refractivity contribution is 5.84. The van der Waals surface area contributed by atoms with E-state index in [4.69, 9.17) is 20.0 Å². The molecule has 1 aromatic heterocycles. The molecule has 2 heterocycles. The summed E-state index contributed by atoms with van der Waals surface area (Å²) in [7, 11) is 1.31. The largest absolute Gasteiger partial charge is 0.471 e. The van der Waals surface area contributed by atoms with Crippen molar-refractivity contribution in [1.82, 2.24) is 4.98 Å². The summed E-state index contributed by atoms with van der Waals surface area (Å²) >= 11 is 0. The first-order chi connectivity index (χ1) is 12.7. The molecule has 6 heteroatoms. The maximum absolute atomic E-state index is 8.95. The van der Waals surface area contributed by atoms with Gasteiger partial charge in [-0.2, -0.15) is 0 Å². The highest BCUT2D eigenvalue weighted by Crippen LogP contribution is 2.30. The van der Waals surface area contributed by atoms with Crippen molar-refractivity contribution < 1.29 is 19.0 Å². The van der Waals surface area contributed by atoms with Gasteiger partial charge in [0, 0.05) is 16.6 Å². The average molecular weight is 356 g/mol. The number of hydrogen-bond acceptors (Lipinski definition) is 5. The Morgan fingerprint density at radius 1 is 1.12 bits per heavy atom. The lowest BCUT2D eigenvalue weighted by molar-refractivity contribution is -0.126. The maximum atomic E-state index is 8.95. The van der Waals surface area contributed by atoms with Crippen LogP contribution in [0.5, 0.6) is 11.5 Å². The minimum atomic E-state index is 0.360. The van der Waals surface area contributed by atoms with E-state index in [-0.39, 0.29) is 0 Å². The van der Waals surface area contributed by atoms with Gasteiger partial charge in [0.15, 0.2) is 11.5 Å². The van der Waals surface area contributed by atoms with Gasteiger partial charge in [0.2, 0.25) is 6.79 Å². The van der Waals surface area contributed by atoms with Gasteiger partial charge in [0.05, 0.1) is 7.11 Å². The van der Waals surface area contributed by atoms with Crippen molar-refractivity contribution in [2.45, 2.75) is 13.3 Å². The van der Waals surface area contributed by atoms with Gasteiger partial charge >= 0.3 is 0 Å². The lowest BCUT2D eigenvalue weighted by Crippen LogP contribution is -2.03. The van der Waals surface area contributed by atoms with E-state index in [1.54, 1.807) is 0 Å². The average Bonchev–Trinajstić information content (AvgIpc) is 3.27. The summed E-state index contributed by atoms with van der Waals surface area (Å²) in [6, 6.07) is 16.0. The van der Waals surface area contributed by atoms with Crippen LogP contribution in [0.15, 0.2) is 48.5 Å². The van der Waals surface area contributed by atoms with E-state index in [1.165, 1.54) is 29.3 Å². The minimum Gasteiger partial charge on any atom is -0.471 e. The molecule has 0 saturated heterocycles. The Balaban J connectivity index is 0.000000162. The topological polar surface area (TPSA) is 86.6 Å². The second-order valence-electron chi connectivity index (χ2n) is 5.50. The number of nitrogens with two attached hydrogens (primary N) is 1. The molecule has 138 valence electrons. The Hall–Kier alpha value is -2.99. The minimum absolute atomic E-state index is 0.360. The molecule has 1 aliphatic rings. The van der Waals surface area contributed by atoms with Gasteiger partial charge in [-0.15, -0.1) is 0 Å². The number of rotatable bonds is 3. The van der Waals surface area contributed by atoms with E-state index in [0.717, 1.165) is 17.9 Å². The molecule has 0 fully saturated rings. The fourth-order valence-corrected chi connectivity index (χ4v) is 2.65. The van der Waals surface area contributed by atoms with E-state index < -0.39 is 0 Å². The summed E-state index contributed by atoms with van der Waals surface area (Å²) in [4.78, 5) is 12.3. The van der Waals surface area contributed by atoms with Gasteiger partial charge in [0.25, 0.3) is 6.47 Å². The molecular formula is C20H24N2O4. The number of nitrogens with one attached hydrogen (secondary N) is 1. The second-order valence-corrected chi connectivity index (χ2v) is 5.50. The van der Waals surface area contributed by atoms with Crippen LogP contribution >= 0.6 is 0 Å². The number of H-pyrrole nitrogens is 1. The summed E-state index contributed by atoms with van der Waals surface area (Å²) in [6.45, 7) is 3.55. The van der Waals surface area contributed by atoms with Crippen LogP contribution in [-0.4, -0.2) is 31.9 Å². The van der Waals surface area contributed by atoms with Crippen molar-refractivity contribution >= 4 is 17.4 Å². The summed E-state index contributed by atoms with van der Waals surface area (Å²) in [5.74, 6) is 1.69. The quantitative estimate of drug-likeness (QED) is 0.704. The molecule has 0 spiro atoms. The van der Waals surface area contributed by atoms with Crippen LogP contribution in [0.25, 0.3) is 10.9 Å². The first-order valence-corrected chi connectivity index (χ1v) is 8.28. The zero-order valence-electron chi connectivity index (χ0n) is 15.0. The third-order valence-electron chi connectivity index (χ3n) is 3.80. The Morgan fingerprint density at radius 3 is 2.27 bits per heavy atom. The number of carbonyl (C=O) groups excluding carboxylic acids is 1. The lowest BCUT2D eigenvalue weighted by atomic mass is 10.1. The predicted octanol–water partition coefficient (Wildman–Crippen LogP) is 3.18. The SMILES string of the molecule is COC=O.Cc1[nH]c2ccccc2c1CCN.c1ccc2c(c1)OCO2. The van der Waals surface area contributed by atoms with Gasteiger partial charge in [-0.3, -0.25) is 4.79 Å². The summed E-state index contributed by atoms with van der Waals surface area (Å²) in [5.41, 5.74) is 9.38. The zero-order valence-corrected chi connectivity index (χ0v) is 15.0. The van der Waals surface area contributed by atoms with Crippen molar-refractivity contribution in [3.63, 3.8) is 0 Å². The van der Waals surface area contributed by atoms with Crippen LogP contribution < -0.4 is 15.2 Å². The third kappa shape index (κ3) is 5.00. The van der Waals surface area contributed by atoms with Crippen LogP contribution in [0.1, 0.15) is 11.3 Å². The Kier molecular flexibility index (Phi) is 7.51. The monoisotopic (exact) mass is 356 g/mol. The van der Waals surface area contributed by atoms with Crippen LogP contribution in [0, 0.1) is 6.92 Å². The Morgan fingerprint density at radius 2 is 1.69 bits per heavy atom. The number of para-hydroxylation sites is 3. The van der Waals surface area contributed by atoms with E-state index in [9.17, 15) is 0 Å². The first-order valence-electron chi connectivity index (χ1n) is 8.28. The van der Waals surface area contributed by atoms with Crippen molar-refractivity contribution in [2.24, 2.45) is 5.73 Å². The summed E-state index contributed by atoms with van der Waals surface area (Å²) in [5, 5.41) is 1.31. The maximum Gasteiger partial charge on any atom is 0.292 e.